The van der Waals surface area contributed by atoms with Crippen LogP contribution in [0.25, 0.3) is 0 Å². The second kappa shape index (κ2) is 1.99. The molecular formula is C9H16O2. The summed E-state index contributed by atoms with van der Waals surface area (Å²) >= 11 is 0. The Morgan fingerprint density at radius 2 is 1.91 bits per heavy atom. The van der Waals surface area contributed by atoms with Gasteiger partial charge in [0.05, 0.1) is 6.79 Å². The Morgan fingerprint density at radius 1 is 1.45 bits per heavy atom. The Kier molecular flexibility index (Phi) is 1.29. The summed E-state index contributed by atoms with van der Waals surface area (Å²) in [5.74, 6) is -0.273. The summed E-state index contributed by atoms with van der Waals surface area (Å²) in [6, 6.07) is 0. The Hall–Kier alpha value is -0.530. The van der Waals surface area contributed by atoms with E-state index in [1.54, 1.807) is 6.92 Å². The number of esters is 1. The van der Waals surface area contributed by atoms with Crippen LogP contribution in [0.3, 0.4) is 0 Å². The van der Waals surface area contributed by atoms with Gasteiger partial charge in [-0.15, -0.1) is 0 Å². The minimum Gasteiger partial charge on any atom is -0.462 e. The van der Waals surface area contributed by atoms with Crippen LogP contribution in [0.1, 0.15) is 36.0 Å². The fourth-order valence-electron chi connectivity index (χ4n) is 1.09. The highest BCUT2D eigenvalue weighted by Gasteiger charge is 2.55. The lowest BCUT2D eigenvalue weighted by atomic mass is 9.67. The van der Waals surface area contributed by atoms with Crippen molar-refractivity contribution in [3.8, 4) is 0 Å². The lowest BCUT2D eigenvalue weighted by molar-refractivity contribution is -0.147. The minimum absolute atomic E-state index is 0.273. The van der Waals surface area contributed by atoms with Gasteiger partial charge in [0.2, 0.25) is 0 Å². The topological polar surface area (TPSA) is 26.3 Å². The number of hydrogen-bond donors (Lipinski definition) is 0. The van der Waals surface area contributed by atoms with E-state index in [9.17, 15) is 4.79 Å². The highest BCUT2D eigenvalue weighted by molar-refractivity contribution is 5.79. The van der Waals surface area contributed by atoms with E-state index in [-0.39, 0.29) is 5.97 Å². The van der Waals surface area contributed by atoms with E-state index in [4.69, 9.17) is 6.11 Å². The first-order valence-electron chi connectivity index (χ1n) is 4.36. The first kappa shape index (κ1) is 7.14. The second-order valence-corrected chi connectivity index (χ2v) is 4.20. The largest absolute Gasteiger partial charge is 0.462 e. The number of ether oxygens (including phenoxy) is 1. The molecule has 0 radical (unpaired) electrons. The van der Waals surface area contributed by atoms with Crippen molar-refractivity contribution in [1.82, 2.24) is 0 Å². The van der Waals surface area contributed by atoms with Crippen molar-refractivity contribution in [3.05, 3.63) is 0 Å². The Bertz CT molecular complexity index is 229. The van der Waals surface area contributed by atoms with Crippen LogP contribution in [0.4, 0.5) is 0 Å². The Balaban J connectivity index is 3.19. The molecule has 1 saturated heterocycles. The molecular weight excluding hydrogens is 140 g/mol. The predicted molar refractivity (Wildman–Crippen MR) is 43.1 cm³/mol. The molecule has 1 rings (SSSR count). The van der Waals surface area contributed by atoms with E-state index in [1.807, 2.05) is 27.7 Å². The van der Waals surface area contributed by atoms with Crippen LogP contribution in [0.15, 0.2) is 0 Å². The number of cyclic esters (lactones) is 1. The average molecular weight is 157 g/mol. The van der Waals surface area contributed by atoms with Gasteiger partial charge in [-0.05, 0) is 20.8 Å². The van der Waals surface area contributed by atoms with Crippen molar-refractivity contribution in [1.29, 1.82) is 0 Å². The summed E-state index contributed by atoms with van der Waals surface area (Å²) in [4.78, 5) is 11.4. The number of hydrogen-bond acceptors (Lipinski definition) is 2. The third kappa shape index (κ3) is 0.883. The summed E-state index contributed by atoms with van der Waals surface area (Å²) in [7, 11) is 0. The van der Waals surface area contributed by atoms with Crippen LogP contribution in [0, 0.1) is 10.8 Å². The maximum absolute atomic E-state index is 11.4. The van der Waals surface area contributed by atoms with E-state index in [2.05, 4.69) is 0 Å². The minimum atomic E-state index is -1.10. The van der Waals surface area contributed by atoms with Gasteiger partial charge in [-0.1, -0.05) is 13.8 Å². The molecule has 1 aliphatic heterocycles. The molecule has 0 aliphatic carbocycles. The summed E-state index contributed by atoms with van der Waals surface area (Å²) in [5.41, 5.74) is -1.01. The first-order valence-corrected chi connectivity index (χ1v) is 3.86. The van der Waals surface area contributed by atoms with Crippen LogP contribution >= 0.6 is 0 Å². The lowest BCUT2D eigenvalue weighted by Crippen LogP contribution is -2.36. The molecule has 0 N–H and O–H groups in total. The van der Waals surface area contributed by atoms with Gasteiger partial charge in [-0.3, -0.25) is 4.79 Å². The van der Waals surface area contributed by atoms with Gasteiger partial charge in [-0.25, -0.2) is 0 Å². The zero-order chi connectivity index (χ0) is 9.78. The number of carbonyl (C=O) groups is 1. The quantitative estimate of drug-likeness (QED) is 0.503. The van der Waals surface area contributed by atoms with Crippen LogP contribution in [-0.4, -0.2) is 12.0 Å². The van der Waals surface area contributed by atoms with E-state index in [0.717, 1.165) is 0 Å². The number of carbonyl (C=O) groups excluding carboxylic acids is 1. The normalized spacial score (nSPS) is 41.5. The summed E-state index contributed by atoms with van der Waals surface area (Å²) in [6.07, 6.45) is -1.10. The maximum atomic E-state index is 11.4. The van der Waals surface area contributed by atoms with Crippen molar-refractivity contribution in [2.24, 2.45) is 10.8 Å². The zero-order valence-corrected chi connectivity index (χ0v) is 7.82. The highest BCUT2D eigenvalue weighted by atomic mass is 16.6. The van der Waals surface area contributed by atoms with Crippen molar-refractivity contribution in [3.63, 3.8) is 0 Å². The summed E-state index contributed by atoms with van der Waals surface area (Å²) in [6.45, 7) is 9.08. The van der Waals surface area contributed by atoms with Crippen LogP contribution in [0.5, 0.6) is 0 Å². The molecule has 0 saturated carbocycles. The van der Waals surface area contributed by atoms with Crippen LogP contribution in [-0.2, 0) is 9.53 Å². The zero-order valence-electron chi connectivity index (χ0n) is 8.82. The van der Waals surface area contributed by atoms with Crippen molar-refractivity contribution < 1.29 is 10.9 Å². The standard InChI is InChI=1S/C9H16O2/c1-6-8(2,3)9(4,5)7(10)11-6/h6H,1-5H3/i6D. The van der Waals surface area contributed by atoms with Gasteiger partial charge in [0.1, 0.15) is 6.08 Å². The third-order valence-corrected chi connectivity index (χ3v) is 3.20. The smallest absolute Gasteiger partial charge is 0.312 e. The average Bonchev–Trinajstić information content (AvgIpc) is 1.92. The fraction of sp³-hybridized carbons (Fsp3) is 0.889. The Labute approximate surface area is 69.3 Å². The third-order valence-electron chi connectivity index (χ3n) is 3.20. The molecule has 64 valence electrons. The molecule has 2 nitrogen and oxygen atoms in total. The fourth-order valence-corrected chi connectivity index (χ4v) is 1.09. The molecule has 11 heavy (non-hydrogen) atoms. The van der Waals surface area contributed by atoms with E-state index < -0.39 is 16.9 Å². The van der Waals surface area contributed by atoms with Gasteiger partial charge >= 0.3 is 5.97 Å². The monoisotopic (exact) mass is 157 g/mol. The molecule has 2 heteroatoms. The molecule has 0 bridgehead atoms. The van der Waals surface area contributed by atoms with E-state index >= 15 is 0 Å². The molecule has 1 fully saturated rings. The lowest BCUT2D eigenvalue weighted by Gasteiger charge is -2.31. The second-order valence-electron chi connectivity index (χ2n) is 4.20. The van der Waals surface area contributed by atoms with Gasteiger partial charge in [-0.2, -0.15) is 0 Å². The van der Waals surface area contributed by atoms with Crippen LogP contribution in [0.2, 0.25) is 0 Å². The summed E-state index contributed by atoms with van der Waals surface area (Å²) < 4.78 is 12.8. The molecule has 1 aliphatic rings. The van der Waals surface area contributed by atoms with E-state index in [0.29, 0.717) is 0 Å². The SMILES string of the molecule is [2H]C1(C)OC(=O)C(C)(C)C1(C)C. The van der Waals surface area contributed by atoms with Gasteiger partial charge in [0.25, 0.3) is 0 Å². The molecule has 0 aromatic rings. The van der Waals surface area contributed by atoms with Gasteiger partial charge in [0.15, 0.2) is 0 Å². The van der Waals surface area contributed by atoms with Crippen LogP contribution < -0.4 is 0 Å². The van der Waals surface area contributed by atoms with Gasteiger partial charge in [0, 0.05) is 5.41 Å². The molecule has 0 amide bonds. The van der Waals surface area contributed by atoms with Crippen molar-refractivity contribution in [2.45, 2.75) is 40.7 Å². The van der Waals surface area contributed by atoms with Crippen molar-refractivity contribution >= 4 is 5.97 Å². The highest BCUT2D eigenvalue weighted by Crippen LogP contribution is 2.48. The first-order chi connectivity index (χ1) is 5.13. The predicted octanol–water partition coefficient (Wildman–Crippen LogP) is 1.98. The maximum Gasteiger partial charge on any atom is 0.312 e. The molecule has 0 aromatic heterocycles. The molecule has 1 heterocycles. The van der Waals surface area contributed by atoms with Gasteiger partial charge < -0.3 is 4.74 Å². The van der Waals surface area contributed by atoms with Crippen molar-refractivity contribution in [2.75, 3.05) is 0 Å². The number of rotatable bonds is 0. The molecule has 0 aromatic carbocycles. The molecule has 0 spiro atoms. The Morgan fingerprint density at radius 3 is 2.00 bits per heavy atom. The molecule has 1 unspecified atom stereocenters. The molecule has 1 atom stereocenters. The summed E-state index contributed by atoms with van der Waals surface area (Å²) in [5, 5.41) is 0. The van der Waals surface area contributed by atoms with E-state index in [1.165, 1.54) is 0 Å².